The normalized spacial score (nSPS) is 26.5. The fraction of sp³-hybridized carbons (Fsp3) is 0.600. The summed E-state index contributed by atoms with van der Waals surface area (Å²) in [4.78, 5) is 18.4. The second-order valence-electron chi connectivity index (χ2n) is 5.55. The molecular weight excluding hydrogens is 254 g/mol. The minimum Gasteiger partial charge on any atom is -0.381 e. The predicted octanol–water partition coefficient (Wildman–Crippen LogP) is 2.50. The minimum atomic E-state index is 0.00396. The average molecular weight is 275 g/mol. The van der Waals surface area contributed by atoms with Crippen LogP contribution in [0.4, 0.5) is 10.5 Å². The van der Waals surface area contributed by atoms with Gasteiger partial charge in [0.05, 0.1) is 6.61 Å². The van der Waals surface area contributed by atoms with Crippen molar-refractivity contribution >= 4 is 11.7 Å². The van der Waals surface area contributed by atoms with Gasteiger partial charge in [-0.25, -0.2) is 4.79 Å². The fourth-order valence-corrected chi connectivity index (χ4v) is 3.23. The van der Waals surface area contributed by atoms with Gasteiger partial charge in [-0.1, -0.05) is 0 Å². The smallest absolute Gasteiger partial charge is 0.322 e. The zero-order valence-corrected chi connectivity index (χ0v) is 11.6. The molecular formula is C15H21N3O2. The summed E-state index contributed by atoms with van der Waals surface area (Å²) in [7, 11) is 0. The Balaban J connectivity index is 1.64. The van der Waals surface area contributed by atoms with Crippen molar-refractivity contribution in [2.75, 3.05) is 25.1 Å². The van der Waals surface area contributed by atoms with E-state index in [1.54, 1.807) is 12.4 Å². The average Bonchev–Trinajstić information content (AvgIpc) is 2.99. The molecule has 0 radical (unpaired) electrons. The molecule has 2 fully saturated rings. The van der Waals surface area contributed by atoms with Gasteiger partial charge in [-0.3, -0.25) is 4.98 Å². The van der Waals surface area contributed by atoms with E-state index in [2.05, 4.69) is 10.3 Å². The third-order valence-corrected chi connectivity index (χ3v) is 4.23. The lowest BCUT2D eigenvalue weighted by molar-refractivity contribution is 0.0274. The molecule has 3 rings (SSSR count). The van der Waals surface area contributed by atoms with Gasteiger partial charge in [-0.2, -0.15) is 0 Å². The molecule has 2 atom stereocenters. The lowest BCUT2D eigenvalue weighted by Gasteiger charge is -2.33. The number of pyridine rings is 1. The Bertz CT molecular complexity index is 446. The zero-order valence-electron chi connectivity index (χ0n) is 11.6. The Morgan fingerprint density at radius 1 is 1.30 bits per heavy atom. The van der Waals surface area contributed by atoms with Gasteiger partial charge < -0.3 is 15.0 Å². The van der Waals surface area contributed by atoms with Crippen LogP contribution in [0.2, 0.25) is 0 Å². The first-order valence-electron chi connectivity index (χ1n) is 7.40. The van der Waals surface area contributed by atoms with Gasteiger partial charge in [-0.05, 0) is 37.8 Å². The molecule has 2 aliphatic rings. The maximum atomic E-state index is 12.4. The summed E-state index contributed by atoms with van der Waals surface area (Å²) in [5.41, 5.74) is 0.801. The molecule has 1 aromatic rings. The topological polar surface area (TPSA) is 54.5 Å². The Labute approximate surface area is 119 Å². The Morgan fingerprint density at radius 2 is 2.15 bits per heavy atom. The molecule has 5 heteroatoms. The van der Waals surface area contributed by atoms with Crippen molar-refractivity contribution in [2.45, 2.75) is 31.7 Å². The van der Waals surface area contributed by atoms with Crippen molar-refractivity contribution in [3.8, 4) is 0 Å². The summed E-state index contributed by atoms with van der Waals surface area (Å²) in [5, 5.41) is 2.96. The highest BCUT2D eigenvalue weighted by molar-refractivity contribution is 5.89. The molecule has 108 valence electrons. The van der Waals surface area contributed by atoms with E-state index in [1.807, 2.05) is 17.0 Å². The number of carbonyl (C=O) groups is 1. The first kappa shape index (κ1) is 13.4. The number of nitrogens with one attached hydrogen (secondary N) is 1. The first-order chi connectivity index (χ1) is 9.84. The van der Waals surface area contributed by atoms with E-state index in [9.17, 15) is 4.79 Å². The monoisotopic (exact) mass is 275 g/mol. The van der Waals surface area contributed by atoms with Gasteiger partial charge in [0.25, 0.3) is 0 Å². The number of hydrogen-bond donors (Lipinski definition) is 1. The number of nitrogens with zero attached hydrogens (tertiary/aromatic N) is 2. The van der Waals surface area contributed by atoms with Gasteiger partial charge in [0.15, 0.2) is 0 Å². The Hall–Kier alpha value is -1.62. The first-order valence-corrected chi connectivity index (χ1v) is 7.40. The quantitative estimate of drug-likeness (QED) is 0.902. The standard InChI is InChI=1S/C15H21N3O2/c19-15(17-13-5-7-16-8-6-13)18-9-1-4-14(18)12-3-2-10-20-11-12/h5-8,12,14H,1-4,9-11H2,(H,16,17,19). The zero-order chi connectivity index (χ0) is 13.8. The number of likely N-dealkylation sites (tertiary alicyclic amines) is 1. The van der Waals surface area contributed by atoms with Crippen LogP contribution in [0, 0.1) is 5.92 Å². The minimum absolute atomic E-state index is 0.00396. The van der Waals surface area contributed by atoms with Gasteiger partial charge in [0.2, 0.25) is 0 Å². The second kappa shape index (κ2) is 6.22. The molecule has 0 aliphatic carbocycles. The predicted molar refractivity (Wildman–Crippen MR) is 76.5 cm³/mol. The summed E-state index contributed by atoms with van der Waals surface area (Å²) in [6.45, 7) is 2.51. The molecule has 3 heterocycles. The van der Waals surface area contributed by atoms with E-state index in [4.69, 9.17) is 4.74 Å². The molecule has 0 saturated carbocycles. The third kappa shape index (κ3) is 2.93. The largest absolute Gasteiger partial charge is 0.381 e. The molecule has 1 N–H and O–H groups in total. The van der Waals surface area contributed by atoms with Crippen LogP contribution in [0.15, 0.2) is 24.5 Å². The number of carbonyl (C=O) groups excluding carboxylic acids is 1. The molecule has 2 aliphatic heterocycles. The number of aromatic nitrogens is 1. The van der Waals surface area contributed by atoms with Crippen LogP contribution in [0.3, 0.4) is 0 Å². The van der Waals surface area contributed by atoms with Crippen LogP contribution in [0.5, 0.6) is 0 Å². The van der Waals surface area contributed by atoms with Gasteiger partial charge in [0.1, 0.15) is 0 Å². The second-order valence-corrected chi connectivity index (χ2v) is 5.55. The van der Waals surface area contributed by atoms with Crippen LogP contribution >= 0.6 is 0 Å². The Morgan fingerprint density at radius 3 is 2.90 bits per heavy atom. The number of anilines is 1. The van der Waals surface area contributed by atoms with E-state index in [-0.39, 0.29) is 6.03 Å². The van der Waals surface area contributed by atoms with E-state index in [0.717, 1.165) is 44.7 Å². The van der Waals surface area contributed by atoms with Crippen molar-refractivity contribution in [1.29, 1.82) is 0 Å². The molecule has 1 aromatic heterocycles. The van der Waals surface area contributed by atoms with Gasteiger partial charge in [0, 0.05) is 43.2 Å². The highest BCUT2D eigenvalue weighted by Crippen LogP contribution is 2.29. The van der Waals surface area contributed by atoms with Crippen LogP contribution < -0.4 is 5.32 Å². The summed E-state index contributed by atoms with van der Waals surface area (Å²) in [5.74, 6) is 0.495. The lowest BCUT2D eigenvalue weighted by atomic mass is 9.92. The number of hydrogen-bond acceptors (Lipinski definition) is 3. The molecule has 0 bridgehead atoms. The highest BCUT2D eigenvalue weighted by Gasteiger charge is 2.35. The maximum Gasteiger partial charge on any atom is 0.322 e. The van der Waals surface area contributed by atoms with Gasteiger partial charge in [-0.15, -0.1) is 0 Å². The molecule has 0 aromatic carbocycles. The van der Waals surface area contributed by atoms with E-state index in [1.165, 1.54) is 6.42 Å². The van der Waals surface area contributed by atoms with Crippen LogP contribution in [0.1, 0.15) is 25.7 Å². The molecule has 2 amide bonds. The molecule has 2 saturated heterocycles. The number of urea groups is 1. The van der Waals surface area contributed by atoms with Crippen LogP contribution in [-0.4, -0.2) is 41.7 Å². The van der Waals surface area contributed by atoms with Crippen molar-refractivity contribution in [1.82, 2.24) is 9.88 Å². The SMILES string of the molecule is O=C(Nc1ccncc1)N1CCCC1C1CCCOC1. The van der Waals surface area contributed by atoms with Crippen LogP contribution in [0.25, 0.3) is 0 Å². The van der Waals surface area contributed by atoms with E-state index in [0.29, 0.717) is 12.0 Å². The number of ether oxygens (including phenoxy) is 1. The van der Waals surface area contributed by atoms with Crippen molar-refractivity contribution in [2.24, 2.45) is 5.92 Å². The van der Waals surface area contributed by atoms with Crippen molar-refractivity contribution in [3.05, 3.63) is 24.5 Å². The lowest BCUT2D eigenvalue weighted by Crippen LogP contribution is -2.44. The number of amides is 2. The maximum absolute atomic E-state index is 12.4. The molecule has 5 nitrogen and oxygen atoms in total. The Kier molecular flexibility index (Phi) is 4.16. The van der Waals surface area contributed by atoms with E-state index >= 15 is 0 Å². The van der Waals surface area contributed by atoms with Crippen molar-refractivity contribution in [3.63, 3.8) is 0 Å². The van der Waals surface area contributed by atoms with E-state index < -0.39 is 0 Å². The summed E-state index contributed by atoms with van der Waals surface area (Å²) in [6, 6.07) is 3.96. The van der Waals surface area contributed by atoms with Crippen LogP contribution in [-0.2, 0) is 4.74 Å². The number of rotatable bonds is 2. The molecule has 20 heavy (non-hydrogen) atoms. The third-order valence-electron chi connectivity index (χ3n) is 4.23. The highest BCUT2D eigenvalue weighted by atomic mass is 16.5. The molecule has 0 spiro atoms. The summed E-state index contributed by atoms with van der Waals surface area (Å²) in [6.07, 6.45) is 7.84. The fourth-order valence-electron chi connectivity index (χ4n) is 3.23. The van der Waals surface area contributed by atoms with Gasteiger partial charge >= 0.3 is 6.03 Å². The summed E-state index contributed by atoms with van der Waals surface area (Å²) < 4.78 is 5.57. The van der Waals surface area contributed by atoms with Crippen molar-refractivity contribution < 1.29 is 9.53 Å². The molecule has 2 unspecified atom stereocenters. The summed E-state index contributed by atoms with van der Waals surface area (Å²) >= 11 is 0.